The fourth-order valence-corrected chi connectivity index (χ4v) is 3.76. The molecule has 0 aromatic heterocycles. The lowest BCUT2D eigenvalue weighted by Crippen LogP contribution is -2.44. The molecule has 0 aliphatic carbocycles. The smallest absolute Gasteiger partial charge is 0.321 e. The Bertz CT molecular complexity index is 1040. The first-order chi connectivity index (χ1) is 16.0. The Hall–Kier alpha value is -3.95. The van der Waals surface area contributed by atoms with Gasteiger partial charge in [0.25, 0.3) is 0 Å². The van der Waals surface area contributed by atoms with Gasteiger partial charge in [-0.15, -0.1) is 0 Å². The number of rotatable bonds is 5. The largest absolute Gasteiger partial charge is 0.495 e. The van der Waals surface area contributed by atoms with Crippen LogP contribution in [-0.2, 0) is 9.59 Å². The molecule has 0 radical (unpaired) electrons. The van der Waals surface area contributed by atoms with Crippen LogP contribution in [0.2, 0.25) is 0 Å². The molecule has 0 unspecified atom stereocenters. The number of ether oxygens (including phenoxy) is 3. The van der Waals surface area contributed by atoms with Crippen molar-refractivity contribution in [2.75, 3.05) is 44.2 Å². The average Bonchev–Trinajstić information content (AvgIpc) is 3.31. The zero-order valence-electron chi connectivity index (χ0n) is 18.3. The highest BCUT2D eigenvalue weighted by Gasteiger charge is 2.25. The molecular weight excluding hydrogens is 428 g/mol. The first kappa shape index (κ1) is 22.3. The fraction of sp³-hybridized carbons (Fsp3) is 0.348. The van der Waals surface area contributed by atoms with E-state index in [9.17, 15) is 14.4 Å². The van der Waals surface area contributed by atoms with E-state index in [-0.39, 0.29) is 18.7 Å². The van der Waals surface area contributed by atoms with Gasteiger partial charge in [-0.1, -0.05) is 12.1 Å². The molecule has 2 aromatic rings. The van der Waals surface area contributed by atoms with Crippen LogP contribution in [0.1, 0.15) is 12.8 Å². The number of hydrogen-bond acceptors (Lipinski definition) is 6. The standard InChI is InChI=1S/C23H26N4O6/c1-31-18-5-3-2-4-17(18)26-23(30)27-10-8-15(9-11-27)13-24-21(28)22(29)25-16-6-7-19-20(12-16)33-14-32-19/h2-7,12,15H,8-11,13-14H2,1H3,(H,24,28)(H,25,29)(H,26,30). The maximum absolute atomic E-state index is 12.6. The lowest BCUT2D eigenvalue weighted by molar-refractivity contribution is -0.136. The van der Waals surface area contributed by atoms with E-state index in [1.807, 2.05) is 12.1 Å². The first-order valence-electron chi connectivity index (χ1n) is 10.7. The minimum Gasteiger partial charge on any atom is -0.495 e. The van der Waals surface area contributed by atoms with Gasteiger partial charge in [0.15, 0.2) is 11.5 Å². The van der Waals surface area contributed by atoms with Crippen LogP contribution in [0.5, 0.6) is 17.2 Å². The summed E-state index contributed by atoms with van der Waals surface area (Å²) in [7, 11) is 1.56. The van der Waals surface area contributed by atoms with Crippen molar-refractivity contribution in [1.82, 2.24) is 10.2 Å². The molecule has 2 aromatic carbocycles. The van der Waals surface area contributed by atoms with Gasteiger partial charge in [0.2, 0.25) is 6.79 Å². The Balaban J connectivity index is 1.19. The van der Waals surface area contributed by atoms with Gasteiger partial charge < -0.3 is 35.1 Å². The van der Waals surface area contributed by atoms with Crippen molar-refractivity contribution in [2.24, 2.45) is 5.92 Å². The predicted octanol–water partition coefficient (Wildman–Crippen LogP) is 2.42. The van der Waals surface area contributed by atoms with Gasteiger partial charge in [0, 0.05) is 31.4 Å². The Labute approximate surface area is 191 Å². The van der Waals surface area contributed by atoms with Crippen LogP contribution in [0.3, 0.4) is 0 Å². The normalized spacial score (nSPS) is 15.0. The highest BCUT2D eigenvalue weighted by atomic mass is 16.7. The van der Waals surface area contributed by atoms with Crippen LogP contribution in [0.15, 0.2) is 42.5 Å². The molecule has 0 atom stereocenters. The van der Waals surface area contributed by atoms with Crippen LogP contribution >= 0.6 is 0 Å². The number of para-hydroxylation sites is 2. The van der Waals surface area contributed by atoms with Crippen LogP contribution in [0, 0.1) is 5.92 Å². The number of carbonyl (C=O) groups excluding carboxylic acids is 3. The summed E-state index contributed by atoms with van der Waals surface area (Å²) < 4.78 is 15.8. The monoisotopic (exact) mass is 454 g/mol. The van der Waals surface area contributed by atoms with Gasteiger partial charge in [-0.05, 0) is 43.0 Å². The highest BCUT2D eigenvalue weighted by Crippen LogP contribution is 2.34. The summed E-state index contributed by atoms with van der Waals surface area (Å²) in [4.78, 5) is 38.7. The molecule has 0 bridgehead atoms. The third-order valence-electron chi connectivity index (χ3n) is 5.64. The minimum absolute atomic E-state index is 0.133. The second-order valence-corrected chi connectivity index (χ2v) is 7.79. The quantitative estimate of drug-likeness (QED) is 0.597. The third-order valence-corrected chi connectivity index (χ3v) is 5.64. The molecule has 4 rings (SSSR count). The van der Waals surface area contributed by atoms with Crippen LogP contribution in [0.25, 0.3) is 0 Å². The van der Waals surface area contributed by atoms with Crippen molar-refractivity contribution >= 4 is 29.2 Å². The molecule has 2 aliphatic heterocycles. The maximum Gasteiger partial charge on any atom is 0.321 e. The van der Waals surface area contributed by atoms with Crippen molar-refractivity contribution in [3.63, 3.8) is 0 Å². The number of nitrogens with one attached hydrogen (secondary N) is 3. The summed E-state index contributed by atoms with van der Waals surface area (Å²) in [5.74, 6) is 0.451. The molecule has 10 nitrogen and oxygen atoms in total. The number of methoxy groups -OCH3 is 1. The number of urea groups is 1. The number of amides is 4. The summed E-state index contributed by atoms with van der Waals surface area (Å²) in [6, 6.07) is 12.0. The van der Waals surface area contributed by atoms with E-state index in [1.165, 1.54) is 0 Å². The van der Waals surface area contributed by atoms with E-state index in [1.54, 1.807) is 42.3 Å². The van der Waals surface area contributed by atoms with Crippen LogP contribution in [-0.4, -0.2) is 56.3 Å². The van der Waals surface area contributed by atoms with Crippen LogP contribution in [0.4, 0.5) is 16.2 Å². The SMILES string of the molecule is COc1ccccc1NC(=O)N1CCC(CNC(=O)C(=O)Nc2ccc3c(c2)OCO3)CC1. The minimum atomic E-state index is -0.748. The summed E-state index contributed by atoms with van der Waals surface area (Å²) in [5, 5.41) is 8.11. The number of nitrogens with zero attached hydrogens (tertiary/aromatic N) is 1. The third kappa shape index (κ3) is 5.46. The molecule has 2 aliphatic rings. The average molecular weight is 454 g/mol. The molecule has 0 saturated carbocycles. The molecule has 3 N–H and O–H groups in total. The highest BCUT2D eigenvalue weighted by molar-refractivity contribution is 6.39. The summed E-state index contributed by atoms with van der Waals surface area (Å²) in [6.45, 7) is 1.62. The number of benzene rings is 2. The van der Waals surface area contributed by atoms with Crippen molar-refractivity contribution in [1.29, 1.82) is 0 Å². The lowest BCUT2D eigenvalue weighted by atomic mass is 9.97. The van der Waals surface area contributed by atoms with Crippen molar-refractivity contribution in [2.45, 2.75) is 12.8 Å². The first-order valence-corrected chi connectivity index (χ1v) is 10.7. The molecule has 10 heteroatoms. The second-order valence-electron chi connectivity index (χ2n) is 7.79. The predicted molar refractivity (Wildman–Crippen MR) is 121 cm³/mol. The molecule has 1 saturated heterocycles. The Morgan fingerprint density at radius 2 is 1.76 bits per heavy atom. The topological polar surface area (TPSA) is 118 Å². The zero-order valence-corrected chi connectivity index (χ0v) is 18.3. The summed E-state index contributed by atoms with van der Waals surface area (Å²) in [6.07, 6.45) is 1.45. The van der Waals surface area contributed by atoms with Crippen molar-refractivity contribution < 1.29 is 28.6 Å². The fourth-order valence-electron chi connectivity index (χ4n) is 3.76. The van der Waals surface area contributed by atoms with E-state index in [0.29, 0.717) is 48.3 Å². The van der Waals surface area contributed by atoms with E-state index in [2.05, 4.69) is 16.0 Å². The maximum atomic E-state index is 12.6. The van der Waals surface area contributed by atoms with Crippen molar-refractivity contribution in [3.8, 4) is 17.2 Å². The summed E-state index contributed by atoms with van der Waals surface area (Å²) in [5.41, 5.74) is 1.07. The van der Waals surface area contributed by atoms with E-state index in [4.69, 9.17) is 14.2 Å². The number of likely N-dealkylation sites (tertiary alicyclic amines) is 1. The van der Waals surface area contributed by atoms with Gasteiger partial charge in [-0.25, -0.2) is 4.79 Å². The van der Waals surface area contributed by atoms with E-state index >= 15 is 0 Å². The molecule has 0 spiro atoms. The Kier molecular flexibility index (Phi) is 6.82. The lowest BCUT2D eigenvalue weighted by Gasteiger charge is -2.32. The number of piperidine rings is 1. The molecule has 2 heterocycles. The number of carbonyl (C=O) groups is 3. The van der Waals surface area contributed by atoms with Gasteiger partial charge in [0.1, 0.15) is 5.75 Å². The van der Waals surface area contributed by atoms with Gasteiger partial charge in [-0.2, -0.15) is 0 Å². The van der Waals surface area contributed by atoms with Gasteiger partial charge >= 0.3 is 17.8 Å². The molecule has 174 valence electrons. The Morgan fingerprint density at radius 1 is 1.00 bits per heavy atom. The van der Waals surface area contributed by atoms with E-state index < -0.39 is 11.8 Å². The molecule has 1 fully saturated rings. The summed E-state index contributed by atoms with van der Waals surface area (Å²) >= 11 is 0. The molecular formula is C23H26N4O6. The second kappa shape index (κ2) is 10.1. The number of fused-ring (bicyclic) bond motifs is 1. The Morgan fingerprint density at radius 3 is 2.55 bits per heavy atom. The number of anilines is 2. The van der Waals surface area contributed by atoms with Gasteiger partial charge in [-0.3, -0.25) is 9.59 Å². The molecule has 4 amide bonds. The van der Waals surface area contributed by atoms with Gasteiger partial charge in [0.05, 0.1) is 12.8 Å². The number of hydrogen-bond donors (Lipinski definition) is 3. The zero-order chi connectivity index (χ0) is 23.2. The van der Waals surface area contributed by atoms with Crippen molar-refractivity contribution in [3.05, 3.63) is 42.5 Å². The molecule has 33 heavy (non-hydrogen) atoms. The van der Waals surface area contributed by atoms with Crippen LogP contribution < -0.4 is 30.2 Å². The van der Waals surface area contributed by atoms with E-state index in [0.717, 1.165) is 12.8 Å².